The number of nitrogens with zero attached hydrogens (tertiary/aromatic N) is 3. The number of fused-ring (bicyclic) bond motifs is 1. The standard InChI is InChI=1S/C16H19N3O2/c1-2-8-19-16(17-11-18-19)10-21-13-7-6-12-4-3-5-15(20)14(12)9-13/h6-7,9,11H,2-5,8,10H2,1H3. The summed E-state index contributed by atoms with van der Waals surface area (Å²) in [6, 6.07) is 5.79. The molecule has 2 aromatic rings. The van der Waals surface area contributed by atoms with E-state index >= 15 is 0 Å². The largest absolute Gasteiger partial charge is 0.486 e. The molecule has 1 aromatic heterocycles. The number of Topliss-reactive ketones (excluding diaryl/α,β-unsaturated/α-hetero) is 1. The Morgan fingerprint density at radius 2 is 2.24 bits per heavy atom. The molecule has 0 spiro atoms. The molecular formula is C16H19N3O2. The van der Waals surface area contributed by atoms with Crippen molar-refractivity contribution >= 4 is 5.78 Å². The van der Waals surface area contributed by atoms with E-state index in [1.807, 2.05) is 22.9 Å². The molecule has 0 aliphatic heterocycles. The van der Waals surface area contributed by atoms with E-state index in [2.05, 4.69) is 17.0 Å². The summed E-state index contributed by atoms with van der Waals surface area (Å²) in [6.07, 6.45) is 5.12. The molecule has 1 aliphatic carbocycles. The Bertz CT molecular complexity index is 649. The molecule has 1 aromatic carbocycles. The molecule has 0 bridgehead atoms. The first-order valence-corrected chi connectivity index (χ1v) is 7.43. The van der Waals surface area contributed by atoms with Gasteiger partial charge in [-0.25, -0.2) is 9.67 Å². The predicted octanol–water partition coefficient (Wildman–Crippen LogP) is 2.79. The number of aromatic nitrogens is 3. The van der Waals surface area contributed by atoms with Crippen LogP contribution in [0.15, 0.2) is 24.5 Å². The summed E-state index contributed by atoms with van der Waals surface area (Å²) in [5.74, 6) is 1.74. The third-order valence-corrected chi connectivity index (χ3v) is 3.73. The van der Waals surface area contributed by atoms with Crippen LogP contribution in [0.3, 0.4) is 0 Å². The van der Waals surface area contributed by atoms with Gasteiger partial charge in [0, 0.05) is 18.5 Å². The van der Waals surface area contributed by atoms with Gasteiger partial charge in [-0.15, -0.1) is 0 Å². The Labute approximate surface area is 124 Å². The lowest BCUT2D eigenvalue weighted by Crippen LogP contribution is -2.12. The first kappa shape index (κ1) is 13.8. The zero-order valence-corrected chi connectivity index (χ0v) is 12.2. The molecule has 3 rings (SSSR count). The number of hydrogen-bond acceptors (Lipinski definition) is 4. The van der Waals surface area contributed by atoms with Crippen LogP contribution >= 0.6 is 0 Å². The van der Waals surface area contributed by atoms with Crippen molar-refractivity contribution in [3.63, 3.8) is 0 Å². The van der Waals surface area contributed by atoms with Crippen LogP contribution in [-0.2, 0) is 19.6 Å². The van der Waals surface area contributed by atoms with Crippen molar-refractivity contribution in [2.24, 2.45) is 0 Å². The van der Waals surface area contributed by atoms with E-state index < -0.39 is 0 Å². The number of ether oxygens (including phenoxy) is 1. The molecule has 0 saturated heterocycles. The maximum atomic E-state index is 11.9. The van der Waals surface area contributed by atoms with Crippen molar-refractivity contribution in [3.05, 3.63) is 41.5 Å². The van der Waals surface area contributed by atoms with Gasteiger partial charge in [0.25, 0.3) is 0 Å². The van der Waals surface area contributed by atoms with Gasteiger partial charge >= 0.3 is 0 Å². The number of aryl methyl sites for hydroxylation is 2. The van der Waals surface area contributed by atoms with E-state index in [1.165, 1.54) is 0 Å². The molecule has 0 amide bonds. The highest BCUT2D eigenvalue weighted by Gasteiger charge is 2.17. The third-order valence-electron chi connectivity index (χ3n) is 3.73. The second-order valence-electron chi connectivity index (χ2n) is 5.28. The lowest BCUT2D eigenvalue weighted by molar-refractivity contribution is 0.0972. The van der Waals surface area contributed by atoms with E-state index in [4.69, 9.17) is 4.74 Å². The Morgan fingerprint density at radius 1 is 1.33 bits per heavy atom. The highest BCUT2D eigenvalue weighted by atomic mass is 16.5. The molecule has 0 atom stereocenters. The first-order chi connectivity index (χ1) is 10.3. The minimum Gasteiger partial charge on any atom is -0.486 e. The number of ketones is 1. The fraction of sp³-hybridized carbons (Fsp3) is 0.438. The van der Waals surface area contributed by atoms with Crippen LogP contribution in [0.25, 0.3) is 0 Å². The molecule has 0 N–H and O–H groups in total. The molecule has 0 fully saturated rings. The van der Waals surface area contributed by atoms with E-state index in [0.717, 1.165) is 48.5 Å². The average molecular weight is 285 g/mol. The lowest BCUT2D eigenvalue weighted by atomic mass is 9.90. The first-order valence-electron chi connectivity index (χ1n) is 7.43. The molecular weight excluding hydrogens is 266 g/mol. The van der Waals surface area contributed by atoms with E-state index in [1.54, 1.807) is 6.33 Å². The second kappa shape index (κ2) is 6.08. The van der Waals surface area contributed by atoms with Gasteiger partial charge < -0.3 is 4.74 Å². The van der Waals surface area contributed by atoms with Gasteiger partial charge in [0.1, 0.15) is 18.7 Å². The normalized spacial score (nSPS) is 14.0. The molecule has 1 aliphatic rings. The number of carbonyl (C=O) groups excluding carboxylic acids is 1. The Hall–Kier alpha value is -2.17. The van der Waals surface area contributed by atoms with Crippen molar-refractivity contribution in [2.45, 2.75) is 45.8 Å². The summed E-state index contributed by atoms with van der Waals surface area (Å²) in [4.78, 5) is 16.1. The summed E-state index contributed by atoms with van der Waals surface area (Å²) in [6.45, 7) is 3.30. The Kier molecular flexibility index (Phi) is 3.99. The number of hydrogen-bond donors (Lipinski definition) is 0. The minimum absolute atomic E-state index is 0.218. The Morgan fingerprint density at radius 3 is 3.10 bits per heavy atom. The topological polar surface area (TPSA) is 57.0 Å². The quantitative estimate of drug-likeness (QED) is 0.847. The molecule has 21 heavy (non-hydrogen) atoms. The molecule has 5 heteroatoms. The zero-order valence-electron chi connectivity index (χ0n) is 12.2. The average Bonchev–Trinajstić information content (AvgIpc) is 2.93. The van der Waals surface area contributed by atoms with Gasteiger partial charge in [0.05, 0.1) is 0 Å². The minimum atomic E-state index is 0.218. The number of rotatable bonds is 5. The van der Waals surface area contributed by atoms with Crippen molar-refractivity contribution in [2.75, 3.05) is 0 Å². The summed E-state index contributed by atoms with van der Waals surface area (Å²) >= 11 is 0. The van der Waals surface area contributed by atoms with Crippen LogP contribution in [-0.4, -0.2) is 20.5 Å². The summed E-state index contributed by atoms with van der Waals surface area (Å²) in [7, 11) is 0. The van der Waals surface area contributed by atoms with Crippen molar-refractivity contribution < 1.29 is 9.53 Å². The van der Waals surface area contributed by atoms with E-state index in [0.29, 0.717) is 13.0 Å². The van der Waals surface area contributed by atoms with Crippen LogP contribution in [0.2, 0.25) is 0 Å². The molecule has 0 saturated carbocycles. The molecule has 5 nitrogen and oxygen atoms in total. The van der Waals surface area contributed by atoms with Crippen molar-refractivity contribution in [1.82, 2.24) is 14.8 Å². The smallest absolute Gasteiger partial charge is 0.164 e. The van der Waals surface area contributed by atoms with Crippen LogP contribution in [0.4, 0.5) is 0 Å². The van der Waals surface area contributed by atoms with Crippen molar-refractivity contribution in [3.8, 4) is 5.75 Å². The van der Waals surface area contributed by atoms with Gasteiger partial charge in [-0.2, -0.15) is 5.10 Å². The fourth-order valence-electron chi connectivity index (χ4n) is 2.64. The van der Waals surface area contributed by atoms with Gasteiger partial charge in [0.15, 0.2) is 11.6 Å². The summed E-state index contributed by atoms with van der Waals surface area (Å²) in [5.41, 5.74) is 1.95. The third kappa shape index (κ3) is 2.96. The van der Waals surface area contributed by atoms with Gasteiger partial charge in [0.2, 0.25) is 0 Å². The van der Waals surface area contributed by atoms with E-state index in [-0.39, 0.29) is 5.78 Å². The fourth-order valence-corrected chi connectivity index (χ4v) is 2.64. The van der Waals surface area contributed by atoms with Crippen LogP contribution in [0.1, 0.15) is 47.9 Å². The summed E-state index contributed by atoms with van der Waals surface area (Å²) < 4.78 is 7.63. The maximum Gasteiger partial charge on any atom is 0.164 e. The number of carbonyl (C=O) groups is 1. The zero-order chi connectivity index (χ0) is 14.7. The molecule has 110 valence electrons. The van der Waals surface area contributed by atoms with E-state index in [9.17, 15) is 4.79 Å². The van der Waals surface area contributed by atoms with Crippen LogP contribution < -0.4 is 4.74 Å². The molecule has 0 radical (unpaired) electrons. The number of benzene rings is 1. The van der Waals surface area contributed by atoms with Crippen LogP contribution in [0.5, 0.6) is 5.75 Å². The second-order valence-corrected chi connectivity index (χ2v) is 5.28. The highest BCUT2D eigenvalue weighted by Crippen LogP contribution is 2.25. The maximum absolute atomic E-state index is 11.9. The lowest BCUT2D eigenvalue weighted by Gasteiger charge is -2.16. The monoisotopic (exact) mass is 285 g/mol. The Balaban J connectivity index is 1.72. The predicted molar refractivity (Wildman–Crippen MR) is 78.4 cm³/mol. The van der Waals surface area contributed by atoms with Gasteiger partial charge in [-0.3, -0.25) is 4.79 Å². The molecule has 0 unspecified atom stereocenters. The van der Waals surface area contributed by atoms with Gasteiger partial charge in [-0.05, 0) is 37.0 Å². The SMILES string of the molecule is CCCn1ncnc1COc1ccc2c(c1)C(=O)CCC2. The summed E-state index contributed by atoms with van der Waals surface area (Å²) in [5, 5.41) is 4.17. The molecule has 1 heterocycles. The van der Waals surface area contributed by atoms with Crippen LogP contribution in [0, 0.1) is 0 Å². The van der Waals surface area contributed by atoms with Crippen molar-refractivity contribution in [1.29, 1.82) is 0 Å². The van der Waals surface area contributed by atoms with Gasteiger partial charge in [-0.1, -0.05) is 13.0 Å². The highest BCUT2D eigenvalue weighted by molar-refractivity contribution is 5.98.